The number of amides is 1. The summed E-state index contributed by atoms with van der Waals surface area (Å²) in [6.45, 7) is 0.240. The predicted molar refractivity (Wildman–Crippen MR) is 78.5 cm³/mol. The van der Waals surface area contributed by atoms with Gasteiger partial charge in [0, 0.05) is 6.42 Å². The second-order valence-electron chi connectivity index (χ2n) is 5.14. The van der Waals surface area contributed by atoms with Gasteiger partial charge < -0.3 is 15.2 Å². The van der Waals surface area contributed by atoms with Gasteiger partial charge in [0.1, 0.15) is 6.61 Å². The first kappa shape index (κ1) is 13.6. The Morgan fingerprint density at radius 3 is 2.52 bits per heavy atom. The number of rotatable bonds is 3. The summed E-state index contributed by atoms with van der Waals surface area (Å²) < 4.78 is 5.21. The average Bonchev–Trinajstić information content (AvgIpc) is 2.83. The van der Waals surface area contributed by atoms with Crippen molar-refractivity contribution in [2.24, 2.45) is 0 Å². The third-order valence-corrected chi connectivity index (χ3v) is 3.69. The summed E-state index contributed by atoms with van der Waals surface area (Å²) in [6, 6.07) is 16.9. The van der Waals surface area contributed by atoms with Crippen molar-refractivity contribution >= 4 is 6.09 Å². The number of ether oxygens (including phenoxy) is 1. The van der Waals surface area contributed by atoms with Gasteiger partial charge >= 0.3 is 6.09 Å². The number of carbonyl (C=O) groups excluding carboxylic acids is 1. The maximum Gasteiger partial charge on any atom is 0.407 e. The van der Waals surface area contributed by atoms with Gasteiger partial charge in [-0.15, -0.1) is 0 Å². The van der Waals surface area contributed by atoms with Crippen LogP contribution < -0.4 is 5.32 Å². The minimum atomic E-state index is -0.527. The Morgan fingerprint density at radius 1 is 1.10 bits per heavy atom. The molecule has 2 aromatic rings. The van der Waals surface area contributed by atoms with Crippen LogP contribution in [0.3, 0.4) is 0 Å². The second kappa shape index (κ2) is 5.97. The molecular formula is C17H17NO3. The fourth-order valence-electron chi connectivity index (χ4n) is 2.65. The first-order valence-electron chi connectivity index (χ1n) is 6.98. The van der Waals surface area contributed by atoms with Gasteiger partial charge in [0.05, 0.1) is 12.1 Å². The number of nitrogens with one attached hydrogen (secondary N) is 1. The third kappa shape index (κ3) is 3.06. The van der Waals surface area contributed by atoms with Crippen LogP contribution in [0.15, 0.2) is 54.6 Å². The van der Waals surface area contributed by atoms with Crippen molar-refractivity contribution in [2.75, 3.05) is 0 Å². The first-order chi connectivity index (χ1) is 10.2. The highest BCUT2D eigenvalue weighted by Gasteiger charge is 2.30. The van der Waals surface area contributed by atoms with Gasteiger partial charge in [-0.2, -0.15) is 0 Å². The topological polar surface area (TPSA) is 58.6 Å². The van der Waals surface area contributed by atoms with E-state index in [9.17, 15) is 9.90 Å². The molecule has 21 heavy (non-hydrogen) atoms. The Morgan fingerprint density at radius 2 is 1.76 bits per heavy atom. The molecule has 1 aliphatic carbocycles. The lowest BCUT2D eigenvalue weighted by Crippen LogP contribution is -2.27. The molecule has 3 rings (SSSR count). The fraction of sp³-hybridized carbons (Fsp3) is 0.235. The molecule has 108 valence electrons. The van der Waals surface area contributed by atoms with E-state index in [0.29, 0.717) is 6.42 Å². The van der Waals surface area contributed by atoms with E-state index in [1.807, 2.05) is 54.6 Å². The molecule has 2 N–H and O–H groups in total. The minimum absolute atomic E-state index is 0.195. The standard InChI is InChI=1S/C17H17NO3/c19-16-10-15(13-8-4-5-9-14(13)16)18-17(20)21-11-12-6-2-1-3-7-12/h1-9,15-16,19H,10-11H2,(H,18,20)/t15-,16+/m1/s1. The summed E-state index contributed by atoms with van der Waals surface area (Å²) >= 11 is 0. The Balaban J connectivity index is 1.59. The lowest BCUT2D eigenvalue weighted by molar-refractivity contribution is 0.129. The zero-order valence-corrected chi connectivity index (χ0v) is 11.5. The summed E-state index contributed by atoms with van der Waals surface area (Å²) in [5, 5.41) is 12.8. The monoisotopic (exact) mass is 283 g/mol. The van der Waals surface area contributed by atoms with Crippen molar-refractivity contribution in [2.45, 2.75) is 25.2 Å². The van der Waals surface area contributed by atoms with E-state index in [1.54, 1.807) is 0 Å². The van der Waals surface area contributed by atoms with Crippen LogP contribution in [-0.2, 0) is 11.3 Å². The van der Waals surface area contributed by atoms with Crippen molar-refractivity contribution in [1.82, 2.24) is 5.32 Å². The molecule has 0 aliphatic heterocycles. The smallest absolute Gasteiger partial charge is 0.407 e. The summed E-state index contributed by atoms with van der Waals surface area (Å²) in [5.74, 6) is 0. The van der Waals surface area contributed by atoms with Gasteiger partial charge in [0.15, 0.2) is 0 Å². The fourth-order valence-corrected chi connectivity index (χ4v) is 2.65. The predicted octanol–water partition coefficient (Wildman–Crippen LogP) is 3.09. The van der Waals surface area contributed by atoms with Crippen LogP contribution >= 0.6 is 0 Å². The Bertz CT molecular complexity index is 627. The van der Waals surface area contributed by atoms with E-state index >= 15 is 0 Å². The molecule has 0 fully saturated rings. The van der Waals surface area contributed by atoms with E-state index in [1.165, 1.54) is 0 Å². The van der Waals surface area contributed by atoms with Crippen LogP contribution in [0.25, 0.3) is 0 Å². The van der Waals surface area contributed by atoms with Gasteiger partial charge in [0.25, 0.3) is 0 Å². The second-order valence-corrected chi connectivity index (χ2v) is 5.14. The summed E-state index contributed by atoms with van der Waals surface area (Å²) in [5.41, 5.74) is 2.78. The highest BCUT2D eigenvalue weighted by molar-refractivity contribution is 5.68. The van der Waals surface area contributed by atoms with Crippen molar-refractivity contribution in [3.05, 3.63) is 71.3 Å². The van der Waals surface area contributed by atoms with Crippen molar-refractivity contribution in [1.29, 1.82) is 0 Å². The van der Waals surface area contributed by atoms with Crippen LogP contribution in [0, 0.1) is 0 Å². The number of hydrogen-bond donors (Lipinski definition) is 2. The SMILES string of the molecule is O=C(N[C@@H]1C[C@H](O)c2ccccc21)OCc1ccccc1. The number of aliphatic hydroxyl groups is 1. The molecule has 0 radical (unpaired) electrons. The van der Waals surface area contributed by atoms with Crippen molar-refractivity contribution in [3.63, 3.8) is 0 Å². The molecule has 1 amide bonds. The van der Waals surface area contributed by atoms with E-state index in [0.717, 1.165) is 16.7 Å². The maximum atomic E-state index is 11.9. The molecule has 0 aromatic heterocycles. The summed E-state index contributed by atoms with van der Waals surface area (Å²) in [6.07, 6.45) is -0.506. The lowest BCUT2D eigenvalue weighted by atomic mass is 10.1. The largest absolute Gasteiger partial charge is 0.445 e. The molecule has 2 atom stereocenters. The molecule has 0 saturated heterocycles. The zero-order valence-electron chi connectivity index (χ0n) is 11.5. The van der Waals surface area contributed by atoms with Gasteiger partial charge in [-0.3, -0.25) is 0 Å². The minimum Gasteiger partial charge on any atom is -0.445 e. The summed E-state index contributed by atoms with van der Waals surface area (Å²) in [7, 11) is 0. The molecule has 0 bridgehead atoms. The maximum absolute atomic E-state index is 11.9. The summed E-state index contributed by atoms with van der Waals surface area (Å²) in [4.78, 5) is 11.9. The number of alkyl carbamates (subject to hydrolysis) is 1. The zero-order chi connectivity index (χ0) is 14.7. The molecular weight excluding hydrogens is 266 g/mol. The van der Waals surface area contributed by atoms with Gasteiger partial charge in [-0.05, 0) is 16.7 Å². The lowest BCUT2D eigenvalue weighted by Gasteiger charge is -2.14. The number of hydrogen-bond acceptors (Lipinski definition) is 3. The molecule has 0 unspecified atom stereocenters. The molecule has 1 aliphatic rings. The van der Waals surface area contributed by atoms with Crippen LogP contribution in [-0.4, -0.2) is 11.2 Å². The van der Waals surface area contributed by atoms with E-state index in [-0.39, 0.29) is 12.6 Å². The van der Waals surface area contributed by atoms with Crippen LogP contribution in [0.1, 0.15) is 35.3 Å². The normalized spacial score (nSPS) is 19.9. The van der Waals surface area contributed by atoms with E-state index in [4.69, 9.17) is 4.74 Å². The molecule has 0 saturated carbocycles. The quantitative estimate of drug-likeness (QED) is 0.910. The van der Waals surface area contributed by atoms with Gasteiger partial charge in [0.2, 0.25) is 0 Å². The molecule has 4 nitrogen and oxygen atoms in total. The van der Waals surface area contributed by atoms with Crippen LogP contribution in [0.4, 0.5) is 4.79 Å². The highest BCUT2D eigenvalue weighted by Crippen LogP contribution is 2.38. The Hall–Kier alpha value is -2.33. The number of fused-ring (bicyclic) bond motifs is 1. The average molecular weight is 283 g/mol. The first-order valence-corrected chi connectivity index (χ1v) is 6.98. The van der Waals surface area contributed by atoms with Crippen molar-refractivity contribution in [3.8, 4) is 0 Å². The van der Waals surface area contributed by atoms with E-state index in [2.05, 4.69) is 5.32 Å². The number of benzene rings is 2. The van der Waals surface area contributed by atoms with Gasteiger partial charge in [-0.25, -0.2) is 4.79 Å². The highest BCUT2D eigenvalue weighted by atomic mass is 16.5. The van der Waals surface area contributed by atoms with Gasteiger partial charge in [-0.1, -0.05) is 54.6 Å². The number of aliphatic hydroxyl groups excluding tert-OH is 1. The molecule has 4 heteroatoms. The van der Waals surface area contributed by atoms with E-state index < -0.39 is 12.2 Å². The van der Waals surface area contributed by atoms with Crippen molar-refractivity contribution < 1.29 is 14.6 Å². The molecule has 0 spiro atoms. The Kier molecular flexibility index (Phi) is 3.88. The third-order valence-electron chi connectivity index (χ3n) is 3.69. The van der Waals surface area contributed by atoms with Crippen LogP contribution in [0.2, 0.25) is 0 Å². The molecule has 0 heterocycles. The van der Waals surface area contributed by atoms with Crippen LogP contribution in [0.5, 0.6) is 0 Å². The molecule has 2 aromatic carbocycles. The number of carbonyl (C=O) groups is 1. The Labute approximate surface area is 123 Å².